The van der Waals surface area contributed by atoms with Crippen LogP contribution in [0.25, 0.3) is 0 Å². The molecular weight excluding hydrogens is 314 g/mol. The van der Waals surface area contributed by atoms with Crippen molar-refractivity contribution >= 4 is 35.2 Å². The van der Waals surface area contributed by atoms with Gasteiger partial charge in [-0.3, -0.25) is 4.79 Å². The van der Waals surface area contributed by atoms with Gasteiger partial charge in [0.05, 0.1) is 5.02 Å². The number of hydrogen-bond donors (Lipinski definition) is 2. The van der Waals surface area contributed by atoms with Crippen LogP contribution < -0.4 is 10.1 Å². The minimum absolute atomic E-state index is 0.258. The molecular formula is C14H16ClNO4S. The summed E-state index contributed by atoms with van der Waals surface area (Å²) < 4.78 is 5.32. The topological polar surface area (TPSA) is 75.6 Å². The number of thioether (sulfide) groups is 1. The maximum atomic E-state index is 12.0. The highest BCUT2D eigenvalue weighted by Gasteiger charge is 2.41. The monoisotopic (exact) mass is 329 g/mol. The molecule has 0 spiro atoms. The van der Waals surface area contributed by atoms with Crippen LogP contribution in [0.1, 0.15) is 12.8 Å². The zero-order valence-electron chi connectivity index (χ0n) is 11.3. The van der Waals surface area contributed by atoms with Crippen LogP contribution in [-0.4, -0.2) is 40.6 Å². The van der Waals surface area contributed by atoms with Gasteiger partial charge in [-0.05, 0) is 36.5 Å². The molecule has 1 aromatic carbocycles. The van der Waals surface area contributed by atoms with E-state index < -0.39 is 17.4 Å². The quantitative estimate of drug-likeness (QED) is 0.866. The highest BCUT2D eigenvalue weighted by Crippen LogP contribution is 2.27. The molecule has 0 saturated carbocycles. The number of halogens is 1. The van der Waals surface area contributed by atoms with Gasteiger partial charge in [-0.25, -0.2) is 4.79 Å². The fourth-order valence-corrected chi connectivity index (χ4v) is 3.50. The van der Waals surface area contributed by atoms with Gasteiger partial charge in [0.1, 0.15) is 11.3 Å². The number of para-hydroxylation sites is 1. The number of ether oxygens (including phenoxy) is 1. The fourth-order valence-electron chi connectivity index (χ4n) is 2.12. The van der Waals surface area contributed by atoms with Gasteiger partial charge in [-0.2, -0.15) is 11.8 Å². The molecule has 114 valence electrons. The van der Waals surface area contributed by atoms with Crippen LogP contribution >= 0.6 is 23.4 Å². The summed E-state index contributed by atoms with van der Waals surface area (Å²) in [4.78, 5) is 23.4. The zero-order chi connectivity index (χ0) is 15.3. The van der Waals surface area contributed by atoms with Crippen molar-refractivity contribution in [1.29, 1.82) is 0 Å². The second-order valence-electron chi connectivity index (χ2n) is 4.77. The zero-order valence-corrected chi connectivity index (χ0v) is 12.9. The van der Waals surface area contributed by atoms with E-state index in [2.05, 4.69) is 5.32 Å². The van der Waals surface area contributed by atoms with E-state index >= 15 is 0 Å². The van der Waals surface area contributed by atoms with Crippen LogP contribution in [0.15, 0.2) is 24.3 Å². The minimum atomic E-state index is -1.17. The summed E-state index contributed by atoms with van der Waals surface area (Å²) in [5.41, 5.74) is -1.17. The molecule has 0 aromatic heterocycles. The van der Waals surface area contributed by atoms with Gasteiger partial charge in [0.15, 0.2) is 6.61 Å². The van der Waals surface area contributed by atoms with Gasteiger partial charge in [-0.1, -0.05) is 23.7 Å². The molecule has 1 amide bonds. The molecule has 0 bridgehead atoms. The van der Waals surface area contributed by atoms with Gasteiger partial charge in [0.2, 0.25) is 0 Å². The second kappa shape index (κ2) is 7.04. The summed E-state index contributed by atoms with van der Waals surface area (Å²) in [6.45, 7) is -0.258. The van der Waals surface area contributed by atoms with Crippen LogP contribution in [-0.2, 0) is 9.59 Å². The van der Waals surface area contributed by atoms with E-state index in [9.17, 15) is 14.7 Å². The number of aliphatic carboxylic acids is 1. The third-order valence-electron chi connectivity index (χ3n) is 3.33. The predicted molar refractivity (Wildman–Crippen MR) is 82.0 cm³/mol. The van der Waals surface area contributed by atoms with Crippen molar-refractivity contribution in [3.8, 4) is 5.75 Å². The summed E-state index contributed by atoms with van der Waals surface area (Å²) in [6.07, 6.45) is 0.843. The maximum absolute atomic E-state index is 12.0. The first-order valence-electron chi connectivity index (χ1n) is 6.53. The molecule has 2 rings (SSSR count). The first-order valence-corrected chi connectivity index (χ1v) is 8.06. The average Bonchev–Trinajstić information content (AvgIpc) is 2.47. The highest BCUT2D eigenvalue weighted by molar-refractivity contribution is 7.99. The number of carboxylic acid groups (broad SMARTS) is 1. The molecule has 0 atom stereocenters. The summed E-state index contributed by atoms with van der Waals surface area (Å²) in [6, 6.07) is 6.82. The normalized spacial score (nSPS) is 17.0. The van der Waals surface area contributed by atoms with E-state index in [1.165, 1.54) is 0 Å². The molecule has 0 aliphatic carbocycles. The van der Waals surface area contributed by atoms with Crippen LogP contribution in [0.4, 0.5) is 0 Å². The van der Waals surface area contributed by atoms with E-state index in [-0.39, 0.29) is 6.61 Å². The average molecular weight is 330 g/mol. The number of benzene rings is 1. The molecule has 1 saturated heterocycles. The van der Waals surface area contributed by atoms with Crippen molar-refractivity contribution in [2.75, 3.05) is 18.1 Å². The van der Waals surface area contributed by atoms with E-state index in [1.807, 2.05) is 0 Å². The SMILES string of the molecule is O=C(COc1ccccc1Cl)NC1(C(=O)O)CCSCC1. The van der Waals surface area contributed by atoms with Crippen LogP contribution in [0.3, 0.4) is 0 Å². The molecule has 1 heterocycles. The number of carbonyl (C=O) groups excluding carboxylic acids is 1. The van der Waals surface area contributed by atoms with E-state index in [4.69, 9.17) is 16.3 Å². The van der Waals surface area contributed by atoms with Crippen molar-refractivity contribution in [2.45, 2.75) is 18.4 Å². The van der Waals surface area contributed by atoms with Crippen molar-refractivity contribution < 1.29 is 19.4 Å². The Kier molecular flexibility index (Phi) is 5.36. The van der Waals surface area contributed by atoms with Crippen LogP contribution in [0, 0.1) is 0 Å². The number of carboxylic acids is 1. The lowest BCUT2D eigenvalue weighted by Gasteiger charge is -2.33. The summed E-state index contributed by atoms with van der Waals surface area (Å²) in [5.74, 6) is 0.395. The molecule has 1 fully saturated rings. The molecule has 0 radical (unpaired) electrons. The fraction of sp³-hybridized carbons (Fsp3) is 0.429. The molecule has 1 aliphatic rings. The third kappa shape index (κ3) is 4.04. The summed E-state index contributed by atoms with van der Waals surface area (Å²) in [7, 11) is 0. The first-order chi connectivity index (χ1) is 10.0. The molecule has 0 unspecified atom stereocenters. The summed E-state index contributed by atoms with van der Waals surface area (Å²) >= 11 is 7.61. The Morgan fingerprint density at radius 1 is 1.33 bits per heavy atom. The highest BCUT2D eigenvalue weighted by atomic mass is 35.5. The van der Waals surface area contributed by atoms with Crippen molar-refractivity contribution in [3.05, 3.63) is 29.3 Å². The first kappa shape index (κ1) is 16.0. The molecule has 21 heavy (non-hydrogen) atoms. The Bertz CT molecular complexity index is 531. The Balaban J connectivity index is 1.94. The second-order valence-corrected chi connectivity index (χ2v) is 6.40. The Labute approximate surface area is 132 Å². The Hall–Kier alpha value is -1.40. The van der Waals surface area contributed by atoms with Crippen molar-refractivity contribution in [2.24, 2.45) is 0 Å². The van der Waals surface area contributed by atoms with Gasteiger partial charge < -0.3 is 15.2 Å². The number of amides is 1. The maximum Gasteiger partial charge on any atom is 0.329 e. The van der Waals surface area contributed by atoms with Gasteiger partial charge in [0, 0.05) is 0 Å². The number of rotatable bonds is 5. The molecule has 1 aliphatic heterocycles. The minimum Gasteiger partial charge on any atom is -0.482 e. The third-order valence-corrected chi connectivity index (χ3v) is 4.63. The Morgan fingerprint density at radius 2 is 2.00 bits per heavy atom. The van der Waals surface area contributed by atoms with Gasteiger partial charge >= 0.3 is 5.97 Å². The molecule has 5 nitrogen and oxygen atoms in total. The Morgan fingerprint density at radius 3 is 2.62 bits per heavy atom. The molecule has 1 aromatic rings. The molecule has 2 N–H and O–H groups in total. The number of carbonyl (C=O) groups is 2. The molecule has 7 heteroatoms. The lowest BCUT2D eigenvalue weighted by molar-refractivity contribution is -0.148. The smallest absolute Gasteiger partial charge is 0.329 e. The predicted octanol–water partition coefficient (Wildman–Crippen LogP) is 2.19. The summed E-state index contributed by atoms with van der Waals surface area (Å²) in [5, 5.41) is 12.4. The standard InChI is InChI=1S/C14H16ClNO4S/c15-10-3-1-2-4-11(10)20-9-12(17)16-14(13(18)19)5-7-21-8-6-14/h1-4H,5-9H2,(H,16,17)(H,18,19). The largest absolute Gasteiger partial charge is 0.482 e. The lowest BCUT2D eigenvalue weighted by atomic mass is 9.92. The van der Waals surface area contributed by atoms with Gasteiger partial charge in [-0.15, -0.1) is 0 Å². The number of nitrogens with one attached hydrogen (secondary N) is 1. The van der Waals surface area contributed by atoms with Crippen molar-refractivity contribution in [3.63, 3.8) is 0 Å². The van der Waals surface area contributed by atoms with E-state index in [0.717, 1.165) is 11.5 Å². The van der Waals surface area contributed by atoms with E-state index in [1.54, 1.807) is 36.0 Å². The lowest BCUT2D eigenvalue weighted by Crippen LogP contribution is -2.57. The van der Waals surface area contributed by atoms with E-state index in [0.29, 0.717) is 23.6 Å². The van der Waals surface area contributed by atoms with Crippen LogP contribution in [0.5, 0.6) is 5.75 Å². The van der Waals surface area contributed by atoms with Gasteiger partial charge in [0.25, 0.3) is 5.91 Å². The van der Waals surface area contributed by atoms with Crippen LogP contribution in [0.2, 0.25) is 5.02 Å². The van der Waals surface area contributed by atoms with Crippen molar-refractivity contribution in [1.82, 2.24) is 5.32 Å². The number of hydrogen-bond acceptors (Lipinski definition) is 4.